The fraction of sp³-hybridized carbons (Fsp3) is 0.175. The van der Waals surface area contributed by atoms with E-state index in [1.54, 1.807) is 0 Å². The van der Waals surface area contributed by atoms with Crippen molar-refractivity contribution in [1.29, 1.82) is 0 Å². The largest absolute Gasteiger partial charge is 0.341 e. The van der Waals surface area contributed by atoms with Gasteiger partial charge in [0.25, 0.3) is 0 Å². The smallest absolute Gasteiger partial charge is 0.0491 e. The summed E-state index contributed by atoms with van der Waals surface area (Å²) in [4.78, 5) is 0. The Kier molecular flexibility index (Phi) is 18.9. The molecule has 2 heterocycles. The van der Waals surface area contributed by atoms with Crippen molar-refractivity contribution in [1.82, 2.24) is 9.13 Å². The van der Waals surface area contributed by atoms with Crippen LogP contribution < -0.4 is 0 Å². The van der Waals surface area contributed by atoms with Gasteiger partial charge in [0.1, 0.15) is 0 Å². The van der Waals surface area contributed by atoms with Gasteiger partial charge < -0.3 is 9.13 Å². The number of benzene rings is 17. The zero-order valence-corrected chi connectivity index (χ0v) is 70.7. The lowest BCUT2D eigenvalue weighted by atomic mass is 9.76. The second-order valence-corrected chi connectivity index (χ2v) is 33.1. The van der Waals surface area contributed by atoms with Gasteiger partial charge in [0.15, 0.2) is 0 Å². The van der Waals surface area contributed by atoms with Gasteiger partial charge in [-0.15, -0.1) is 0 Å². The number of rotatable bonds is 11. The molecule has 19 aromatic rings. The van der Waals surface area contributed by atoms with Crippen LogP contribution in [0.25, 0.3) is 187 Å². The number of aromatic nitrogens is 2. The molecule has 17 aromatic carbocycles. The van der Waals surface area contributed by atoms with E-state index in [1.807, 2.05) is 0 Å². The van der Waals surface area contributed by atoms with Crippen molar-refractivity contribution in [2.75, 3.05) is 0 Å². The minimum atomic E-state index is 0.954. The molecule has 0 saturated heterocycles. The fourth-order valence-electron chi connectivity index (χ4n) is 20.0. The number of para-hydroxylation sites is 2. The van der Waals surface area contributed by atoms with Crippen LogP contribution in [-0.2, 0) is 13.1 Å². The SMILES string of the molecule is CCn1c2ccccc2c2cc(-c3ccc(-c4ccc(-c5c6c(C)c(C)c(C)c(C)c6c(-c6ccc(-c7ccccc7)cc6)c6c(C)c(C)c(C)c(C)c56)cc4)cc3)ccc21.CCn1c2ccccc2c2cc(-c3ccc(-c4ccc(-c5c6c(C)c(C)c(C)c(C)c6c(-c6ccccc6)c6c(C)c(C)c(C)c(C)c56)cc4)cc3)ccc21. The third kappa shape index (κ3) is 11.9. The normalized spacial score (nSPS) is 11.8. The first-order chi connectivity index (χ1) is 56.2. The first kappa shape index (κ1) is 74.8. The third-order valence-electron chi connectivity index (χ3n) is 27.7. The number of hydrogen-bond acceptors (Lipinski definition) is 0. The van der Waals surface area contributed by atoms with E-state index in [1.165, 1.54) is 276 Å². The summed E-state index contributed by atoms with van der Waals surface area (Å²) in [5.41, 5.74) is 50.1. The van der Waals surface area contributed by atoms with Crippen molar-refractivity contribution >= 4 is 86.7 Å². The first-order valence-corrected chi connectivity index (χ1v) is 41.8. The van der Waals surface area contributed by atoms with E-state index >= 15 is 0 Å². The molecule has 0 amide bonds. The highest BCUT2D eigenvalue weighted by atomic mass is 15.0. The molecule has 0 aliphatic heterocycles. The van der Waals surface area contributed by atoms with Crippen LogP contribution in [0.2, 0.25) is 0 Å². The van der Waals surface area contributed by atoms with E-state index in [4.69, 9.17) is 0 Å². The maximum absolute atomic E-state index is 2.42. The lowest BCUT2D eigenvalue weighted by Crippen LogP contribution is -2.03. The van der Waals surface area contributed by atoms with Gasteiger partial charge in [0.2, 0.25) is 0 Å². The summed E-state index contributed by atoms with van der Waals surface area (Å²) < 4.78 is 4.83. The van der Waals surface area contributed by atoms with Gasteiger partial charge in [-0.25, -0.2) is 0 Å². The minimum absolute atomic E-state index is 0.954. The van der Waals surface area contributed by atoms with Gasteiger partial charge >= 0.3 is 0 Å². The number of aryl methyl sites for hydroxylation is 10. The van der Waals surface area contributed by atoms with Gasteiger partial charge in [0, 0.05) is 56.7 Å². The lowest BCUT2D eigenvalue weighted by molar-refractivity contribution is 0.827. The van der Waals surface area contributed by atoms with E-state index < -0.39 is 0 Å². The molecule has 568 valence electrons. The Hall–Kier alpha value is -12.6. The molecule has 0 radical (unpaired) electrons. The standard InChI is InChI=1S/C60H53N.C54H49N/c1-10-61-53-19-15-14-18-51(53)52-34-50(32-33-54(52)61)47-22-20-45(21-23-47)46-26-30-49(31-27-46)60-57-41(8)37(4)35(2)39(6)55(57)59(56-40(7)36(3)38(5)42(9)58(56)60)48-28-24-44(25-29-48)43-16-12-11-13-17-43;1-10-55-47-19-15-14-18-45(47)46-30-44(28-29-48(46)55)41-22-20-39(21-23-41)40-24-26-43(27-25-40)54-51-37(8)33(4)31(2)35(6)49(51)53(42-16-12-11-13-17-42)50-36(7)32(3)34(5)38(9)52(50)54/h11-34H,10H2,1-9H3;11-30H,10H2,1-9H3. The predicted octanol–water partition coefficient (Wildman–Crippen LogP) is 32.2. The van der Waals surface area contributed by atoms with Crippen molar-refractivity contribution in [2.45, 2.75) is 138 Å². The quantitative estimate of drug-likeness (QED) is 0.114. The molecular weight excluding hydrogens is 1400 g/mol. The fourth-order valence-corrected chi connectivity index (χ4v) is 20.0. The molecule has 19 rings (SSSR count). The number of hydrogen-bond donors (Lipinski definition) is 0. The van der Waals surface area contributed by atoms with E-state index in [0.717, 1.165) is 13.1 Å². The predicted molar refractivity (Wildman–Crippen MR) is 505 cm³/mol. The topological polar surface area (TPSA) is 9.86 Å². The van der Waals surface area contributed by atoms with Gasteiger partial charge in [-0.2, -0.15) is 0 Å². The van der Waals surface area contributed by atoms with Gasteiger partial charge in [-0.05, 0) is 393 Å². The maximum Gasteiger partial charge on any atom is 0.0491 e. The number of nitrogens with zero attached hydrogens (tertiary/aromatic N) is 2. The summed E-state index contributed by atoms with van der Waals surface area (Å²) >= 11 is 0. The van der Waals surface area contributed by atoms with Crippen molar-refractivity contribution in [3.05, 3.63) is 356 Å². The Morgan fingerprint density at radius 1 is 0.155 bits per heavy atom. The highest BCUT2D eigenvalue weighted by molar-refractivity contribution is 6.27. The van der Waals surface area contributed by atoms with Crippen LogP contribution in [-0.4, -0.2) is 9.13 Å². The summed E-state index contributed by atoms with van der Waals surface area (Å²) in [6.07, 6.45) is 0. The third-order valence-corrected chi connectivity index (χ3v) is 27.7. The molecule has 0 aliphatic rings. The molecule has 0 N–H and O–H groups in total. The summed E-state index contributed by atoms with van der Waals surface area (Å²) in [5.74, 6) is 0. The molecule has 0 spiro atoms. The van der Waals surface area contributed by atoms with Gasteiger partial charge in [-0.3, -0.25) is 0 Å². The molecule has 0 aliphatic carbocycles. The van der Waals surface area contributed by atoms with Crippen LogP contribution >= 0.6 is 0 Å². The van der Waals surface area contributed by atoms with Crippen molar-refractivity contribution in [3.63, 3.8) is 0 Å². The van der Waals surface area contributed by atoms with Crippen LogP contribution in [0.1, 0.15) is 103 Å². The molecule has 2 nitrogen and oxygen atoms in total. The number of fused-ring (bicyclic) bond motifs is 10. The van der Waals surface area contributed by atoms with Crippen LogP contribution in [0, 0.1) is 111 Å². The second-order valence-electron chi connectivity index (χ2n) is 33.1. The summed E-state index contributed by atoms with van der Waals surface area (Å²) in [6, 6.07) is 99.6. The highest BCUT2D eigenvalue weighted by Crippen LogP contribution is 2.54. The van der Waals surface area contributed by atoms with E-state index in [0.29, 0.717) is 0 Å². The molecule has 0 unspecified atom stereocenters. The Morgan fingerprint density at radius 2 is 0.328 bits per heavy atom. The van der Waals surface area contributed by atoms with Crippen LogP contribution in [0.5, 0.6) is 0 Å². The maximum atomic E-state index is 2.42. The Balaban J connectivity index is 0.000000161. The molecule has 116 heavy (non-hydrogen) atoms. The van der Waals surface area contributed by atoms with Crippen molar-refractivity contribution in [2.24, 2.45) is 0 Å². The van der Waals surface area contributed by atoms with E-state index in [-0.39, 0.29) is 0 Å². The molecule has 2 aromatic heterocycles. The average molecular weight is 1500 g/mol. The molecule has 0 saturated carbocycles. The summed E-state index contributed by atoms with van der Waals surface area (Å²) in [5, 5.41) is 16.3. The molecular formula is C114H102N2. The summed E-state index contributed by atoms with van der Waals surface area (Å²) in [7, 11) is 0. The Bertz CT molecular complexity index is 7060. The zero-order valence-electron chi connectivity index (χ0n) is 70.7. The summed E-state index contributed by atoms with van der Waals surface area (Å²) in [6.45, 7) is 43.6. The monoisotopic (exact) mass is 1500 g/mol. The first-order valence-electron chi connectivity index (χ1n) is 41.8. The minimum Gasteiger partial charge on any atom is -0.341 e. The van der Waals surface area contributed by atoms with Crippen molar-refractivity contribution < 1.29 is 0 Å². The van der Waals surface area contributed by atoms with Crippen LogP contribution in [0.3, 0.4) is 0 Å². The zero-order chi connectivity index (χ0) is 80.5. The molecule has 0 atom stereocenters. The van der Waals surface area contributed by atoms with Gasteiger partial charge in [0.05, 0.1) is 0 Å². The average Bonchev–Trinajstić information content (AvgIpc) is 0.994. The van der Waals surface area contributed by atoms with Gasteiger partial charge in [-0.1, -0.05) is 231 Å². The Labute approximate surface area is 685 Å². The molecule has 0 fully saturated rings. The van der Waals surface area contributed by atoms with Crippen LogP contribution in [0.4, 0.5) is 0 Å². The Morgan fingerprint density at radius 3 is 0.569 bits per heavy atom. The molecule has 2 heteroatoms. The van der Waals surface area contributed by atoms with E-state index in [9.17, 15) is 0 Å². The molecule has 0 bridgehead atoms. The lowest BCUT2D eigenvalue weighted by Gasteiger charge is -2.27. The highest BCUT2D eigenvalue weighted by Gasteiger charge is 2.29. The van der Waals surface area contributed by atoms with E-state index in [2.05, 4.69) is 401 Å². The van der Waals surface area contributed by atoms with Crippen molar-refractivity contribution in [3.8, 4) is 100 Å². The van der Waals surface area contributed by atoms with Crippen LogP contribution in [0.15, 0.2) is 267 Å². The second kappa shape index (κ2) is 29.3.